The van der Waals surface area contributed by atoms with Gasteiger partial charge in [0.15, 0.2) is 0 Å². The van der Waals surface area contributed by atoms with Crippen molar-refractivity contribution in [3.05, 3.63) is 35.9 Å². The van der Waals surface area contributed by atoms with Gasteiger partial charge in [0.25, 0.3) is 0 Å². The highest BCUT2D eigenvalue weighted by molar-refractivity contribution is 5.81. The van der Waals surface area contributed by atoms with E-state index in [0.717, 1.165) is 32.7 Å². The molecular formula is C23H33N3O3. The second kappa shape index (κ2) is 9.26. The molecule has 3 heterocycles. The zero-order valence-electron chi connectivity index (χ0n) is 17.5. The fourth-order valence-corrected chi connectivity index (χ4v) is 5.28. The van der Waals surface area contributed by atoms with Gasteiger partial charge >= 0.3 is 5.97 Å². The van der Waals surface area contributed by atoms with Crippen molar-refractivity contribution in [1.29, 1.82) is 0 Å². The Morgan fingerprint density at radius 3 is 2.24 bits per heavy atom. The van der Waals surface area contributed by atoms with Crippen molar-refractivity contribution in [2.45, 2.75) is 38.3 Å². The quantitative estimate of drug-likeness (QED) is 0.685. The van der Waals surface area contributed by atoms with Crippen LogP contribution in [0.3, 0.4) is 0 Å². The zero-order valence-corrected chi connectivity index (χ0v) is 17.5. The monoisotopic (exact) mass is 399 g/mol. The minimum absolute atomic E-state index is 0.102. The molecule has 29 heavy (non-hydrogen) atoms. The number of fused-ring (bicyclic) bond motifs is 1. The smallest absolute Gasteiger partial charge is 0.306 e. The van der Waals surface area contributed by atoms with Gasteiger partial charge in [-0.25, -0.2) is 0 Å². The minimum atomic E-state index is -0.303. The molecule has 0 bridgehead atoms. The second-order valence-corrected chi connectivity index (χ2v) is 8.84. The predicted octanol–water partition coefficient (Wildman–Crippen LogP) is 1.99. The third-order valence-electron chi connectivity index (χ3n) is 6.96. The van der Waals surface area contributed by atoms with E-state index in [9.17, 15) is 9.59 Å². The number of likely N-dealkylation sites (tertiary alicyclic amines) is 3. The molecule has 6 nitrogen and oxygen atoms in total. The number of methoxy groups -OCH3 is 1. The predicted molar refractivity (Wildman–Crippen MR) is 111 cm³/mol. The van der Waals surface area contributed by atoms with Crippen LogP contribution in [-0.4, -0.2) is 79.0 Å². The average Bonchev–Trinajstić information content (AvgIpc) is 3.32. The Labute approximate surface area is 173 Å². The lowest BCUT2D eigenvalue weighted by atomic mass is 10.0. The van der Waals surface area contributed by atoms with E-state index in [0.29, 0.717) is 17.9 Å². The van der Waals surface area contributed by atoms with Crippen LogP contribution in [0.2, 0.25) is 0 Å². The summed E-state index contributed by atoms with van der Waals surface area (Å²) in [6, 6.07) is 11.4. The maximum absolute atomic E-state index is 12.4. The highest BCUT2D eigenvalue weighted by atomic mass is 16.5. The summed E-state index contributed by atoms with van der Waals surface area (Å²) in [5.74, 6) is 0.993. The van der Waals surface area contributed by atoms with Gasteiger partial charge in [0.2, 0.25) is 5.91 Å². The van der Waals surface area contributed by atoms with Gasteiger partial charge in [-0.2, -0.15) is 0 Å². The van der Waals surface area contributed by atoms with Crippen molar-refractivity contribution < 1.29 is 14.3 Å². The lowest BCUT2D eigenvalue weighted by Crippen LogP contribution is -2.45. The number of esters is 1. The average molecular weight is 400 g/mol. The summed E-state index contributed by atoms with van der Waals surface area (Å²) < 4.78 is 4.64. The Bertz CT molecular complexity index is 689. The molecule has 0 spiro atoms. The highest BCUT2D eigenvalue weighted by Gasteiger charge is 2.43. The third kappa shape index (κ3) is 4.98. The molecule has 3 aliphatic rings. The number of ether oxygens (including phenoxy) is 1. The molecule has 158 valence electrons. The maximum atomic E-state index is 12.4. The molecule has 6 heteroatoms. The highest BCUT2D eigenvalue weighted by Crippen LogP contribution is 2.34. The van der Waals surface area contributed by atoms with Crippen molar-refractivity contribution >= 4 is 11.9 Å². The van der Waals surface area contributed by atoms with Gasteiger partial charge in [-0.1, -0.05) is 30.3 Å². The SMILES string of the molecule is COC(=O)CCC(=O)N1C[C@@H]2CN(C3CCN(Cc4ccccc4)CC3)C[C@@H]2C1. The Balaban J connectivity index is 1.19. The van der Waals surface area contributed by atoms with E-state index < -0.39 is 0 Å². The molecule has 1 amide bonds. The fourth-order valence-electron chi connectivity index (χ4n) is 5.28. The van der Waals surface area contributed by atoms with Crippen LogP contribution in [0.25, 0.3) is 0 Å². The Morgan fingerprint density at radius 2 is 1.62 bits per heavy atom. The number of benzene rings is 1. The van der Waals surface area contributed by atoms with Gasteiger partial charge < -0.3 is 9.64 Å². The van der Waals surface area contributed by atoms with Crippen molar-refractivity contribution in [1.82, 2.24) is 14.7 Å². The molecule has 0 saturated carbocycles. The van der Waals surface area contributed by atoms with Crippen molar-refractivity contribution in [2.24, 2.45) is 11.8 Å². The molecular weight excluding hydrogens is 366 g/mol. The van der Waals surface area contributed by atoms with Crippen molar-refractivity contribution in [3.63, 3.8) is 0 Å². The van der Waals surface area contributed by atoms with Crippen LogP contribution in [0.4, 0.5) is 0 Å². The molecule has 1 aromatic carbocycles. The molecule has 1 aromatic rings. The lowest BCUT2D eigenvalue weighted by Gasteiger charge is -2.37. The lowest BCUT2D eigenvalue weighted by molar-refractivity contribution is -0.143. The van der Waals surface area contributed by atoms with E-state index in [1.54, 1.807) is 0 Å². The van der Waals surface area contributed by atoms with Crippen LogP contribution in [0, 0.1) is 11.8 Å². The number of nitrogens with zero attached hydrogens (tertiary/aromatic N) is 3. The summed E-state index contributed by atoms with van der Waals surface area (Å²) >= 11 is 0. The van der Waals surface area contributed by atoms with Crippen LogP contribution < -0.4 is 0 Å². The number of carbonyl (C=O) groups excluding carboxylic acids is 2. The largest absolute Gasteiger partial charge is 0.469 e. The van der Waals surface area contributed by atoms with E-state index in [1.165, 1.54) is 38.6 Å². The van der Waals surface area contributed by atoms with Crippen molar-refractivity contribution in [2.75, 3.05) is 46.4 Å². The summed E-state index contributed by atoms with van der Waals surface area (Å²) in [5.41, 5.74) is 1.40. The number of piperidine rings is 1. The van der Waals surface area contributed by atoms with Gasteiger partial charge in [0.1, 0.15) is 0 Å². The van der Waals surface area contributed by atoms with Gasteiger partial charge in [0.05, 0.1) is 13.5 Å². The Kier molecular flexibility index (Phi) is 6.50. The standard InChI is InChI=1S/C23H33N3O3/c1-29-23(28)8-7-22(27)26-16-19-14-25(15-20(19)17-26)21-9-11-24(12-10-21)13-18-5-3-2-4-6-18/h2-6,19-21H,7-17H2,1H3/t19-,20+. The number of hydrogen-bond donors (Lipinski definition) is 0. The molecule has 2 atom stereocenters. The van der Waals surface area contributed by atoms with Crippen LogP contribution in [0.5, 0.6) is 0 Å². The van der Waals surface area contributed by atoms with E-state index in [2.05, 4.69) is 44.9 Å². The summed E-state index contributed by atoms with van der Waals surface area (Å²) in [6.45, 7) is 7.35. The molecule has 0 radical (unpaired) electrons. The first kappa shape index (κ1) is 20.4. The molecule has 0 aromatic heterocycles. The van der Waals surface area contributed by atoms with E-state index in [4.69, 9.17) is 0 Å². The third-order valence-corrected chi connectivity index (χ3v) is 6.96. The molecule has 0 aliphatic carbocycles. The van der Waals surface area contributed by atoms with Gasteiger partial charge in [-0.15, -0.1) is 0 Å². The number of amides is 1. The van der Waals surface area contributed by atoms with Gasteiger partial charge in [-0.3, -0.25) is 19.4 Å². The first-order chi connectivity index (χ1) is 14.1. The molecule has 0 N–H and O–H groups in total. The maximum Gasteiger partial charge on any atom is 0.306 e. The van der Waals surface area contributed by atoms with E-state index in [-0.39, 0.29) is 24.7 Å². The Hall–Kier alpha value is -1.92. The van der Waals surface area contributed by atoms with E-state index >= 15 is 0 Å². The summed E-state index contributed by atoms with van der Waals surface area (Å²) in [5, 5.41) is 0. The first-order valence-electron chi connectivity index (χ1n) is 11.0. The normalized spacial score (nSPS) is 25.9. The summed E-state index contributed by atoms with van der Waals surface area (Å²) in [4.78, 5) is 30.9. The topological polar surface area (TPSA) is 53.1 Å². The van der Waals surface area contributed by atoms with Crippen LogP contribution in [-0.2, 0) is 20.9 Å². The van der Waals surface area contributed by atoms with Crippen LogP contribution >= 0.6 is 0 Å². The molecule has 3 aliphatic heterocycles. The number of rotatable bonds is 6. The van der Waals surface area contributed by atoms with Gasteiger partial charge in [-0.05, 0) is 43.3 Å². The fraction of sp³-hybridized carbons (Fsp3) is 0.652. The first-order valence-corrected chi connectivity index (χ1v) is 11.0. The summed E-state index contributed by atoms with van der Waals surface area (Å²) in [7, 11) is 1.37. The van der Waals surface area contributed by atoms with Crippen LogP contribution in [0.1, 0.15) is 31.2 Å². The van der Waals surface area contributed by atoms with Gasteiger partial charge in [0, 0.05) is 45.2 Å². The summed E-state index contributed by atoms with van der Waals surface area (Å²) in [6.07, 6.45) is 2.95. The molecule has 3 fully saturated rings. The minimum Gasteiger partial charge on any atom is -0.469 e. The van der Waals surface area contributed by atoms with E-state index in [1.807, 2.05) is 4.90 Å². The molecule has 0 unspecified atom stereocenters. The molecule has 3 saturated heterocycles. The van der Waals surface area contributed by atoms with Crippen molar-refractivity contribution in [3.8, 4) is 0 Å². The Morgan fingerprint density at radius 1 is 0.966 bits per heavy atom. The molecule has 4 rings (SSSR count). The second-order valence-electron chi connectivity index (χ2n) is 8.84. The number of carbonyl (C=O) groups is 2. The zero-order chi connectivity index (χ0) is 20.2. The van der Waals surface area contributed by atoms with Crippen LogP contribution in [0.15, 0.2) is 30.3 Å². The number of hydrogen-bond acceptors (Lipinski definition) is 5.